The maximum absolute atomic E-state index is 5.64. The van der Waals surface area contributed by atoms with E-state index in [4.69, 9.17) is 4.74 Å². The molecule has 6 nitrogen and oxygen atoms in total. The van der Waals surface area contributed by atoms with Crippen LogP contribution in [0.15, 0.2) is 24.3 Å². The number of ether oxygens (including phenoxy) is 1. The smallest absolute Gasteiger partial charge is 0.173 e. The van der Waals surface area contributed by atoms with Gasteiger partial charge in [-0.1, -0.05) is 19.1 Å². The minimum absolute atomic E-state index is 0.0830. The van der Waals surface area contributed by atoms with Gasteiger partial charge in [-0.05, 0) is 49.4 Å². The van der Waals surface area contributed by atoms with Crippen LogP contribution in [-0.2, 0) is 0 Å². The van der Waals surface area contributed by atoms with Crippen molar-refractivity contribution in [1.82, 2.24) is 25.5 Å². The molecular formula is C14H21N5O. The number of para-hydroxylation sites is 2. The third-order valence-electron chi connectivity index (χ3n) is 2.97. The molecule has 2 rings (SSSR count). The van der Waals surface area contributed by atoms with Crippen molar-refractivity contribution in [3.8, 4) is 11.4 Å². The summed E-state index contributed by atoms with van der Waals surface area (Å²) in [6.45, 7) is 7.69. The molecular weight excluding hydrogens is 254 g/mol. The van der Waals surface area contributed by atoms with Crippen LogP contribution in [0, 0.1) is 0 Å². The highest BCUT2D eigenvalue weighted by Gasteiger charge is 2.17. The second-order valence-corrected chi connectivity index (χ2v) is 4.53. The van der Waals surface area contributed by atoms with Crippen LogP contribution in [0.5, 0.6) is 5.75 Å². The van der Waals surface area contributed by atoms with Crippen molar-refractivity contribution in [3.63, 3.8) is 0 Å². The highest BCUT2D eigenvalue weighted by molar-refractivity contribution is 5.46. The summed E-state index contributed by atoms with van der Waals surface area (Å²) >= 11 is 0. The number of hydrogen-bond acceptors (Lipinski definition) is 5. The number of aromatic nitrogens is 4. The lowest BCUT2D eigenvalue weighted by atomic mass is 10.2. The first-order valence-corrected chi connectivity index (χ1v) is 7.01. The SMILES string of the molecule is CCCNC(C)c1nnnn1-c1ccccc1OCC. The highest BCUT2D eigenvalue weighted by Crippen LogP contribution is 2.24. The Hall–Kier alpha value is -1.95. The monoisotopic (exact) mass is 275 g/mol. The minimum atomic E-state index is 0.0830. The van der Waals surface area contributed by atoms with Crippen LogP contribution in [0.2, 0.25) is 0 Å². The number of hydrogen-bond donors (Lipinski definition) is 1. The van der Waals surface area contributed by atoms with Gasteiger partial charge in [0.15, 0.2) is 5.82 Å². The molecule has 20 heavy (non-hydrogen) atoms. The normalized spacial score (nSPS) is 12.3. The first kappa shape index (κ1) is 14.5. The molecule has 0 bridgehead atoms. The van der Waals surface area contributed by atoms with E-state index in [1.807, 2.05) is 31.2 Å². The van der Waals surface area contributed by atoms with Crippen molar-refractivity contribution >= 4 is 0 Å². The van der Waals surface area contributed by atoms with Gasteiger partial charge in [-0.3, -0.25) is 0 Å². The molecule has 0 radical (unpaired) electrons. The lowest BCUT2D eigenvalue weighted by Crippen LogP contribution is -2.23. The topological polar surface area (TPSA) is 64.9 Å². The number of nitrogens with one attached hydrogen (secondary N) is 1. The molecule has 0 fully saturated rings. The Bertz CT molecular complexity index is 540. The van der Waals surface area contributed by atoms with E-state index in [0.717, 1.165) is 30.2 Å². The zero-order valence-corrected chi connectivity index (χ0v) is 12.2. The van der Waals surface area contributed by atoms with E-state index in [9.17, 15) is 0 Å². The van der Waals surface area contributed by atoms with Crippen molar-refractivity contribution < 1.29 is 4.74 Å². The Labute approximate surface area is 119 Å². The van der Waals surface area contributed by atoms with Gasteiger partial charge < -0.3 is 10.1 Å². The maximum atomic E-state index is 5.64. The Morgan fingerprint density at radius 3 is 2.85 bits per heavy atom. The standard InChI is InChI=1S/C14H21N5O/c1-4-10-15-11(3)14-16-17-18-19(14)12-8-6-7-9-13(12)20-5-2/h6-9,11,15H,4-5,10H2,1-3H3. The molecule has 0 aliphatic rings. The van der Waals surface area contributed by atoms with Crippen molar-refractivity contribution in [2.24, 2.45) is 0 Å². The van der Waals surface area contributed by atoms with Crippen molar-refractivity contribution in [1.29, 1.82) is 0 Å². The van der Waals surface area contributed by atoms with Crippen LogP contribution in [0.1, 0.15) is 39.1 Å². The summed E-state index contributed by atoms with van der Waals surface area (Å²) in [7, 11) is 0. The number of rotatable bonds is 7. The van der Waals surface area contributed by atoms with Crippen LogP contribution in [0.25, 0.3) is 5.69 Å². The van der Waals surface area contributed by atoms with E-state index in [0.29, 0.717) is 6.61 Å². The number of nitrogens with zero attached hydrogens (tertiary/aromatic N) is 4. The quantitative estimate of drug-likeness (QED) is 0.838. The molecule has 1 heterocycles. The predicted octanol–water partition coefficient (Wildman–Crippen LogP) is 2.12. The summed E-state index contributed by atoms with van der Waals surface area (Å²) in [5, 5.41) is 15.4. The fourth-order valence-electron chi connectivity index (χ4n) is 2.00. The molecule has 1 aromatic heterocycles. The first-order chi connectivity index (χ1) is 9.77. The van der Waals surface area contributed by atoms with Gasteiger partial charge >= 0.3 is 0 Å². The lowest BCUT2D eigenvalue weighted by molar-refractivity contribution is 0.337. The zero-order chi connectivity index (χ0) is 14.4. The van der Waals surface area contributed by atoms with Crippen LogP contribution in [0.3, 0.4) is 0 Å². The van der Waals surface area contributed by atoms with E-state index in [1.165, 1.54) is 0 Å². The van der Waals surface area contributed by atoms with Gasteiger partial charge in [-0.25, -0.2) is 0 Å². The predicted molar refractivity (Wildman–Crippen MR) is 77.0 cm³/mol. The molecule has 0 amide bonds. The third kappa shape index (κ3) is 3.14. The molecule has 0 saturated heterocycles. The van der Waals surface area contributed by atoms with E-state index in [2.05, 4.69) is 34.7 Å². The van der Waals surface area contributed by atoms with Crippen molar-refractivity contribution in [2.75, 3.05) is 13.2 Å². The summed E-state index contributed by atoms with van der Waals surface area (Å²) in [6.07, 6.45) is 1.07. The molecule has 0 aliphatic heterocycles. The lowest BCUT2D eigenvalue weighted by Gasteiger charge is -2.15. The summed E-state index contributed by atoms with van der Waals surface area (Å²) < 4.78 is 7.37. The van der Waals surface area contributed by atoms with Crippen molar-refractivity contribution in [2.45, 2.75) is 33.2 Å². The Morgan fingerprint density at radius 2 is 2.10 bits per heavy atom. The van der Waals surface area contributed by atoms with Gasteiger partial charge in [0.25, 0.3) is 0 Å². The highest BCUT2D eigenvalue weighted by atomic mass is 16.5. The first-order valence-electron chi connectivity index (χ1n) is 7.01. The number of tetrazole rings is 1. The summed E-state index contributed by atoms with van der Waals surface area (Å²) in [4.78, 5) is 0. The molecule has 1 atom stereocenters. The van der Waals surface area contributed by atoms with Gasteiger partial charge in [-0.15, -0.1) is 5.10 Å². The van der Waals surface area contributed by atoms with Gasteiger partial charge in [0.1, 0.15) is 11.4 Å². The number of benzene rings is 1. The summed E-state index contributed by atoms with van der Waals surface area (Å²) in [6, 6.07) is 7.86. The van der Waals surface area contributed by atoms with Crippen molar-refractivity contribution in [3.05, 3.63) is 30.1 Å². The van der Waals surface area contributed by atoms with Crippen LogP contribution in [0.4, 0.5) is 0 Å². The molecule has 1 unspecified atom stereocenters. The maximum Gasteiger partial charge on any atom is 0.173 e. The fraction of sp³-hybridized carbons (Fsp3) is 0.500. The van der Waals surface area contributed by atoms with E-state index >= 15 is 0 Å². The summed E-state index contributed by atoms with van der Waals surface area (Å²) in [5.41, 5.74) is 0.861. The molecule has 6 heteroatoms. The Balaban J connectivity index is 2.32. The average molecular weight is 275 g/mol. The van der Waals surface area contributed by atoms with Crippen LogP contribution >= 0.6 is 0 Å². The molecule has 0 spiro atoms. The fourth-order valence-corrected chi connectivity index (χ4v) is 2.00. The van der Waals surface area contributed by atoms with E-state index in [-0.39, 0.29) is 6.04 Å². The van der Waals surface area contributed by atoms with Gasteiger partial charge in [0.2, 0.25) is 0 Å². The minimum Gasteiger partial charge on any atom is -0.492 e. The molecule has 1 N–H and O–H groups in total. The Kier molecular flexibility index (Phi) is 5.06. The molecule has 1 aromatic carbocycles. The summed E-state index contributed by atoms with van der Waals surface area (Å²) in [5.74, 6) is 1.57. The van der Waals surface area contributed by atoms with E-state index in [1.54, 1.807) is 4.68 Å². The third-order valence-corrected chi connectivity index (χ3v) is 2.97. The van der Waals surface area contributed by atoms with Crippen LogP contribution < -0.4 is 10.1 Å². The molecule has 108 valence electrons. The molecule has 2 aromatic rings. The van der Waals surface area contributed by atoms with Gasteiger partial charge in [0.05, 0.1) is 12.6 Å². The zero-order valence-electron chi connectivity index (χ0n) is 12.2. The average Bonchev–Trinajstić information content (AvgIpc) is 2.95. The van der Waals surface area contributed by atoms with Gasteiger partial charge in [0, 0.05) is 0 Å². The largest absolute Gasteiger partial charge is 0.492 e. The van der Waals surface area contributed by atoms with Gasteiger partial charge in [-0.2, -0.15) is 4.68 Å². The molecule has 0 aliphatic carbocycles. The Morgan fingerprint density at radius 1 is 1.30 bits per heavy atom. The van der Waals surface area contributed by atoms with E-state index < -0.39 is 0 Å². The second kappa shape index (κ2) is 7.00. The van der Waals surface area contributed by atoms with Crippen LogP contribution in [-0.4, -0.2) is 33.4 Å². The second-order valence-electron chi connectivity index (χ2n) is 4.53. The molecule has 0 saturated carbocycles.